The molecule has 1 unspecified atom stereocenters. The highest BCUT2D eigenvalue weighted by Gasteiger charge is 2.33. The molecular weight excluding hydrogens is 277 g/mol. The Morgan fingerprint density at radius 2 is 1.90 bits per heavy atom. The molecule has 2 rings (SSSR count). The number of halogens is 2. The Balaban J connectivity index is 2.68. The van der Waals surface area contributed by atoms with E-state index in [-0.39, 0.29) is 5.82 Å². The maximum absolute atomic E-state index is 14.1. The van der Waals surface area contributed by atoms with Crippen LogP contribution in [0.1, 0.15) is 24.5 Å². The molecular formula is C16H17ClFNO. The van der Waals surface area contributed by atoms with E-state index < -0.39 is 5.54 Å². The minimum Gasteiger partial charge on any atom is -0.496 e. The molecule has 0 aromatic heterocycles. The molecule has 0 aliphatic heterocycles. The summed E-state index contributed by atoms with van der Waals surface area (Å²) in [5.74, 6) is 0.265. The lowest BCUT2D eigenvalue weighted by Crippen LogP contribution is -2.38. The van der Waals surface area contributed by atoms with Gasteiger partial charge in [0.05, 0.1) is 12.6 Å². The van der Waals surface area contributed by atoms with Gasteiger partial charge in [-0.25, -0.2) is 4.39 Å². The highest BCUT2D eigenvalue weighted by molar-refractivity contribution is 6.30. The van der Waals surface area contributed by atoms with Crippen molar-refractivity contribution in [1.82, 2.24) is 0 Å². The van der Waals surface area contributed by atoms with Gasteiger partial charge in [0.1, 0.15) is 11.6 Å². The van der Waals surface area contributed by atoms with Gasteiger partial charge >= 0.3 is 0 Å². The van der Waals surface area contributed by atoms with Crippen LogP contribution in [0.4, 0.5) is 4.39 Å². The summed E-state index contributed by atoms with van der Waals surface area (Å²) < 4.78 is 19.5. The van der Waals surface area contributed by atoms with Crippen LogP contribution in [0.15, 0.2) is 42.5 Å². The average Bonchev–Trinajstić information content (AvgIpc) is 2.47. The summed E-state index contributed by atoms with van der Waals surface area (Å²) in [7, 11) is 1.56. The third-order valence-electron chi connectivity index (χ3n) is 3.55. The Labute approximate surface area is 123 Å². The molecule has 2 nitrogen and oxygen atoms in total. The number of rotatable bonds is 4. The normalized spacial score (nSPS) is 13.8. The van der Waals surface area contributed by atoms with Crippen LogP contribution in [0.3, 0.4) is 0 Å². The van der Waals surface area contributed by atoms with Crippen LogP contribution in [-0.2, 0) is 5.54 Å². The molecule has 0 bridgehead atoms. The van der Waals surface area contributed by atoms with Gasteiger partial charge in [-0.2, -0.15) is 0 Å². The fraction of sp³-hybridized carbons (Fsp3) is 0.250. The Morgan fingerprint density at radius 1 is 1.20 bits per heavy atom. The summed E-state index contributed by atoms with van der Waals surface area (Å²) in [5, 5.41) is 0.542. The summed E-state index contributed by atoms with van der Waals surface area (Å²) in [6.45, 7) is 1.91. The van der Waals surface area contributed by atoms with E-state index in [4.69, 9.17) is 22.1 Å². The summed E-state index contributed by atoms with van der Waals surface area (Å²) in [6.07, 6.45) is 0.518. The van der Waals surface area contributed by atoms with E-state index in [1.807, 2.05) is 6.92 Å². The van der Waals surface area contributed by atoms with E-state index in [1.54, 1.807) is 43.5 Å². The van der Waals surface area contributed by atoms with Crippen LogP contribution in [0.2, 0.25) is 5.02 Å². The number of hydrogen-bond donors (Lipinski definition) is 1. The Hall–Kier alpha value is -1.58. The molecule has 0 aliphatic rings. The van der Waals surface area contributed by atoms with E-state index in [2.05, 4.69) is 0 Å². The molecule has 0 radical (unpaired) electrons. The maximum atomic E-state index is 14.1. The van der Waals surface area contributed by atoms with Gasteiger partial charge in [0.2, 0.25) is 0 Å². The highest BCUT2D eigenvalue weighted by atomic mass is 35.5. The molecule has 0 amide bonds. The number of methoxy groups -OCH3 is 1. The smallest absolute Gasteiger partial charge is 0.128 e. The van der Waals surface area contributed by atoms with Crippen molar-refractivity contribution in [1.29, 1.82) is 0 Å². The second kappa shape index (κ2) is 5.81. The van der Waals surface area contributed by atoms with Crippen molar-refractivity contribution in [3.05, 3.63) is 64.4 Å². The van der Waals surface area contributed by atoms with Crippen molar-refractivity contribution in [3.8, 4) is 5.75 Å². The molecule has 0 spiro atoms. The first-order valence-electron chi connectivity index (χ1n) is 6.41. The monoisotopic (exact) mass is 293 g/mol. The molecule has 0 heterocycles. The Morgan fingerprint density at radius 3 is 2.50 bits per heavy atom. The predicted octanol–water partition coefficient (Wildman–Crippen LogP) is 4.10. The molecule has 1 atom stereocenters. The number of nitrogens with two attached hydrogens (primary N) is 1. The first-order chi connectivity index (χ1) is 9.52. The van der Waals surface area contributed by atoms with Gasteiger partial charge in [0.15, 0.2) is 0 Å². The standard InChI is InChI=1S/C16H17ClFNO/c1-3-16(19,12-6-4-5-7-14(12)18)13-10-11(17)8-9-15(13)20-2/h4-10H,3,19H2,1-2H3. The zero-order valence-corrected chi connectivity index (χ0v) is 12.2. The van der Waals surface area contributed by atoms with Gasteiger partial charge in [-0.15, -0.1) is 0 Å². The fourth-order valence-corrected chi connectivity index (χ4v) is 2.55. The molecule has 2 N–H and O–H groups in total. The Bertz CT molecular complexity index is 617. The second-order valence-corrected chi connectivity index (χ2v) is 5.09. The third kappa shape index (κ3) is 2.51. The van der Waals surface area contributed by atoms with Crippen LogP contribution < -0.4 is 10.5 Å². The van der Waals surface area contributed by atoms with Crippen LogP contribution in [-0.4, -0.2) is 7.11 Å². The van der Waals surface area contributed by atoms with Crippen LogP contribution >= 0.6 is 11.6 Å². The van der Waals surface area contributed by atoms with Gasteiger partial charge in [-0.3, -0.25) is 0 Å². The van der Waals surface area contributed by atoms with Gasteiger partial charge in [0.25, 0.3) is 0 Å². The highest BCUT2D eigenvalue weighted by Crippen LogP contribution is 2.38. The minimum atomic E-state index is -0.985. The van der Waals surface area contributed by atoms with Crippen LogP contribution in [0.5, 0.6) is 5.75 Å². The molecule has 0 saturated heterocycles. The maximum Gasteiger partial charge on any atom is 0.128 e. The van der Waals surface area contributed by atoms with Crippen LogP contribution in [0.25, 0.3) is 0 Å². The zero-order valence-electron chi connectivity index (χ0n) is 11.5. The molecule has 106 valence electrons. The minimum absolute atomic E-state index is 0.334. The fourth-order valence-electron chi connectivity index (χ4n) is 2.38. The van der Waals surface area contributed by atoms with Gasteiger partial charge in [-0.05, 0) is 30.7 Å². The summed E-state index contributed by atoms with van der Waals surface area (Å²) in [6, 6.07) is 11.7. The largest absolute Gasteiger partial charge is 0.496 e. The Kier molecular flexibility index (Phi) is 4.31. The first-order valence-corrected chi connectivity index (χ1v) is 6.78. The molecule has 4 heteroatoms. The SMILES string of the molecule is CCC(N)(c1ccccc1F)c1cc(Cl)ccc1OC. The summed E-state index contributed by atoms with van der Waals surface area (Å²) >= 11 is 6.06. The molecule has 2 aromatic carbocycles. The lowest BCUT2D eigenvalue weighted by molar-refractivity contribution is 0.388. The second-order valence-electron chi connectivity index (χ2n) is 4.65. The van der Waals surface area contributed by atoms with Crippen LogP contribution in [0, 0.1) is 5.82 Å². The number of ether oxygens (including phenoxy) is 1. The predicted molar refractivity (Wildman–Crippen MR) is 79.7 cm³/mol. The van der Waals surface area contributed by atoms with E-state index in [0.717, 1.165) is 0 Å². The molecule has 2 aromatic rings. The van der Waals surface area contributed by atoms with E-state index in [9.17, 15) is 4.39 Å². The molecule has 0 saturated carbocycles. The van der Waals surface area contributed by atoms with Gasteiger partial charge in [0, 0.05) is 16.1 Å². The lowest BCUT2D eigenvalue weighted by Gasteiger charge is -2.31. The topological polar surface area (TPSA) is 35.2 Å². The van der Waals surface area contributed by atoms with Gasteiger partial charge < -0.3 is 10.5 Å². The quantitative estimate of drug-likeness (QED) is 0.921. The van der Waals surface area contributed by atoms with Crippen molar-refractivity contribution in [2.24, 2.45) is 5.73 Å². The van der Waals surface area contributed by atoms with Crippen molar-refractivity contribution in [3.63, 3.8) is 0 Å². The number of hydrogen-bond acceptors (Lipinski definition) is 2. The van der Waals surface area contributed by atoms with Gasteiger partial charge in [-0.1, -0.05) is 36.7 Å². The summed E-state index contributed by atoms with van der Waals surface area (Å²) in [5.41, 5.74) is 6.64. The average molecular weight is 294 g/mol. The number of benzene rings is 2. The van der Waals surface area contributed by atoms with Crippen molar-refractivity contribution in [2.75, 3.05) is 7.11 Å². The molecule has 20 heavy (non-hydrogen) atoms. The van der Waals surface area contributed by atoms with Crippen molar-refractivity contribution < 1.29 is 9.13 Å². The van der Waals surface area contributed by atoms with Crippen molar-refractivity contribution >= 4 is 11.6 Å². The first kappa shape index (κ1) is 14.8. The summed E-state index contributed by atoms with van der Waals surface area (Å²) in [4.78, 5) is 0. The lowest BCUT2D eigenvalue weighted by atomic mass is 9.81. The zero-order chi connectivity index (χ0) is 14.8. The molecule has 0 fully saturated rings. The van der Waals surface area contributed by atoms with E-state index in [0.29, 0.717) is 28.3 Å². The van der Waals surface area contributed by atoms with E-state index in [1.165, 1.54) is 6.07 Å². The molecule has 0 aliphatic carbocycles. The van der Waals surface area contributed by atoms with Crippen molar-refractivity contribution in [2.45, 2.75) is 18.9 Å². The van der Waals surface area contributed by atoms with E-state index >= 15 is 0 Å². The third-order valence-corrected chi connectivity index (χ3v) is 3.79.